The molecule has 2 fully saturated rings. The van der Waals surface area contributed by atoms with Gasteiger partial charge in [0, 0.05) is 99.9 Å². The number of hydrogen-bond acceptors (Lipinski definition) is 10. The van der Waals surface area contributed by atoms with E-state index in [-0.39, 0.29) is 23.2 Å². The number of nitriles is 1. The molecule has 344 valence electrons. The number of aryl methyl sites for hydroxylation is 2. The van der Waals surface area contributed by atoms with E-state index in [2.05, 4.69) is 41.6 Å². The van der Waals surface area contributed by atoms with Crippen LogP contribution in [0, 0.1) is 23.2 Å². The van der Waals surface area contributed by atoms with E-state index in [0.29, 0.717) is 66.0 Å². The number of likely N-dealkylation sites (tertiary alicyclic amines) is 1. The zero-order chi connectivity index (χ0) is 46.3. The summed E-state index contributed by atoms with van der Waals surface area (Å²) in [6.07, 6.45) is 11.9. The van der Waals surface area contributed by atoms with Gasteiger partial charge in [-0.25, -0.2) is 8.78 Å². The SMILES string of the molecule is CC(=O)N1CCc2c(c(N3CCCc4cc(-c5cnn(C)c5)c(C(F)F)cc43)nn2C2CCN(CCC#Cc3ccc(C(N)=O)nn3)CC2)C1.N#Cc1ccc(OC2CCCCC2)cc1Cl. The lowest BCUT2D eigenvalue weighted by Gasteiger charge is -2.33. The van der Waals surface area contributed by atoms with Gasteiger partial charge in [0.2, 0.25) is 5.91 Å². The minimum absolute atomic E-state index is 0.0145. The molecule has 66 heavy (non-hydrogen) atoms. The highest BCUT2D eigenvalue weighted by molar-refractivity contribution is 6.31. The number of carbonyl (C=O) groups excluding carboxylic acids is 2. The fourth-order valence-corrected chi connectivity index (χ4v) is 9.61. The molecule has 1 aliphatic carbocycles. The van der Waals surface area contributed by atoms with E-state index in [0.717, 1.165) is 92.2 Å². The number of amides is 2. The average Bonchev–Trinajstić information content (AvgIpc) is 3.94. The Hall–Kier alpha value is -6.36. The molecule has 4 aliphatic rings. The van der Waals surface area contributed by atoms with E-state index in [1.807, 2.05) is 23.1 Å². The highest BCUT2D eigenvalue weighted by Gasteiger charge is 2.35. The first-order valence-electron chi connectivity index (χ1n) is 22.7. The van der Waals surface area contributed by atoms with Crippen LogP contribution in [-0.4, -0.2) is 90.2 Å². The number of rotatable bonds is 9. The van der Waals surface area contributed by atoms with Crippen LogP contribution in [0.3, 0.4) is 0 Å². The molecule has 6 heterocycles. The highest BCUT2D eigenvalue weighted by Crippen LogP contribution is 2.44. The Kier molecular flexibility index (Phi) is 14.6. The van der Waals surface area contributed by atoms with Crippen molar-refractivity contribution in [1.29, 1.82) is 5.26 Å². The van der Waals surface area contributed by atoms with Crippen molar-refractivity contribution in [3.63, 3.8) is 0 Å². The van der Waals surface area contributed by atoms with Crippen molar-refractivity contribution in [2.24, 2.45) is 12.8 Å². The number of anilines is 2. The van der Waals surface area contributed by atoms with Gasteiger partial charge in [0.05, 0.1) is 35.5 Å². The second-order valence-electron chi connectivity index (χ2n) is 17.3. The first-order chi connectivity index (χ1) is 31.9. The van der Waals surface area contributed by atoms with Crippen LogP contribution in [0.4, 0.5) is 20.3 Å². The van der Waals surface area contributed by atoms with Gasteiger partial charge in [-0.1, -0.05) is 23.9 Å². The second-order valence-corrected chi connectivity index (χ2v) is 17.7. The van der Waals surface area contributed by atoms with Gasteiger partial charge in [0.15, 0.2) is 11.5 Å². The topological polar surface area (TPSA) is 164 Å². The van der Waals surface area contributed by atoms with Gasteiger partial charge in [-0.15, -0.1) is 10.2 Å². The van der Waals surface area contributed by atoms with Crippen LogP contribution in [0.15, 0.2) is 54.9 Å². The number of carbonyl (C=O) groups is 2. The maximum Gasteiger partial charge on any atom is 0.269 e. The lowest BCUT2D eigenvalue weighted by Crippen LogP contribution is -2.37. The van der Waals surface area contributed by atoms with Crippen LogP contribution in [0.1, 0.15) is 121 Å². The average molecular weight is 918 g/mol. The summed E-state index contributed by atoms with van der Waals surface area (Å²) in [4.78, 5) is 30.1. The number of primary amides is 1. The summed E-state index contributed by atoms with van der Waals surface area (Å²) in [5.41, 5.74) is 11.4. The third-order valence-electron chi connectivity index (χ3n) is 12.9. The second kappa shape index (κ2) is 20.9. The monoisotopic (exact) mass is 917 g/mol. The van der Waals surface area contributed by atoms with Crippen molar-refractivity contribution >= 4 is 34.9 Å². The summed E-state index contributed by atoms with van der Waals surface area (Å²) < 4.78 is 38.8. The smallest absolute Gasteiger partial charge is 0.269 e. The van der Waals surface area contributed by atoms with Crippen LogP contribution < -0.4 is 15.4 Å². The maximum atomic E-state index is 14.6. The van der Waals surface area contributed by atoms with Crippen LogP contribution >= 0.6 is 11.6 Å². The zero-order valence-electron chi connectivity index (χ0n) is 37.4. The number of aromatic nitrogens is 6. The molecule has 1 saturated heterocycles. The van der Waals surface area contributed by atoms with E-state index in [9.17, 15) is 18.4 Å². The number of benzene rings is 2. The molecule has 2 N–H and O–H groups in total. The van der Waals surface area contributed by atoms with E-state index < -0.39 is 12.3 Å². The van der Waals surface area contributed by atoms with Gasteiger partial charge in [-0.3, -0.25) is 19.0 Å². The molecule has 0 atom stereocenters. The van der Waals surface area contributed by atoms with E-state index in [4.69, 9.17) is 32.4 Å². The fourth-order valence-electron chi connectivity index (χ4n) is 9.40. The van der Waals surface area contributed by atoms with Crippen LogP contribution in [0.5, 0.6) is 5.75 Å². The van der Waals surface area contributed by atoms with Crippen molar-refractivity contribution in [1.82, 2.24) is 39.6 Å². The number of hydrogen-bond donors (Lipinski definition) is 1. The largest absolute Gasteiger partial charge is 0.490 e. The predicted molar refractivity (Wildman–Crippen MR) is 246 cm³/mol. The van der Waals surface area contributed by atoms with Crippen molar-refractivity contribution in [2.45, 2.75) is 103 Å². The molecule has 1 saturated carbocycles. The number of piperidine rings is 1. The number of nitrogens with two attached hydrogens (primary N) is 1. The molecule has 17 heteroatoms. The third kappa shape index (κ3) is 10.7. The number of halogens is 3. The first-order valence-corrected chi connectivity index (χ1v) is 23.1. The molecule has 5 aromatic rings. The first kappa shape index (κ1) is 46.2. The Balaban J connectivity index is 0.000000311. The lowest BCUT2D eigenvalue weighted by atomic mass is 9.92. The summed E-state index contributed by atoms with van der Waals surface area (Å²) in [7, 11) is 1.78. The summed E-state index contributed by atoms with van der Waals surface area (Å²) in [6, 6.07) is 14.2. The van der Waals surface area contributed by atoms with Crippen molar-refractivity contribution in [3.8, 4) is 34.8 Å². The predicted octanol–water partition coefficient (Wildman–Crippen LogP) is 8.10. The van der Waals surface area contributed by atoms with Gasteiger partial charge in [-0.05, 0) is 105 Å². The number of ether oxygens (including phenoxy) is 1. The van der Waals surface area contributed by atoms with Crippen molar-refractivity contribution in [3.05, 3.63) is 99.2 Å². The Morgan fingerprint density at radius 2 is 1.79 bits per heavy atom. The molecule has 0 radical (unpaired) electrons. The third-order valence-corrected chi connectivity index (χ3v) is 13.2. The van der Waals surface area contributed by atoms with Crippen LogP contribution in [0.2, 0.25) is 5.02 Å². The summed E-state index contributed by atoms with van der Waals surface area (Å²) in [5.74, 6) is 7.08. The molecule has 2 amide bonds. The molecule has 3 aliphatic heterocycles. The van der Waals surface area contributed by atoms with Gasteiger partial charge in [0.1, 0.15) is 17.5 Å². The van der Waals surface area contributed by atoms with Gasteiger partial charge < -0.3 is 25.2 Å². The normalized spacial score (nSPS) is 16.6. The van der Waals surface area contributed by atoms with Gasteiger partial charge >= 0.3 is 0 Å². The number of alkyl halides is 2. The summed E-state index contributed by atoms with van der Waals surface area (Å²) in [6.45, 7) is 5.93. The number of fused-ring (bicyclic) bond motifs is 2. The Morgan fingerprint density at radius 3 is 2.45 bits per heavy atom. The Labute approximate surface area is 388 Å². The summed E-state index contributed by atoms with van der Waals surface area (Å²) in [5, 5.41) is 26.4. The molecular formula is C49H54ClF2N11O3. The van der Waals surface area contributed by atoms with E-state index >= 15 is 0 Å². The Bertz CT molecular complexity index is 2650. The molecule has 9 rings (SSSR count). The van der Waals surface area contributed by atoms with E-state index in [1.165, 1.54) is 25.3 Å². The van der Waals surface area contributed by atoms with Crippen molar-refractivity contribution in [2.75, 3.05) is 37.6 Å². The minimum Gasteiger partial charge on any atom is -0.490 e. The van der Waals surface area contributed by atoms with Gasteiger partial charge in [-0.2, -0.15) is 15.5 Å². The van der Waals surface area contributed by atoms with Crippen LogP contribution in [0.25, 0.3) is 11.1 Å². The molecular weight excluding hydrogens is 864 g/mol. The minimum atomic E-state index is -2.65. The molecule has 2 aromatic carbocycles. The highest BCUT2D eigenvalue weighted by atomic mass is 35.5. The standard InChI is InChI=1S/C36H40F2N10O2.C13H14ClNO/c1-23(49)46-17-12-32-30(22-46)36(47-14-5-6-24-18-28(25-20-40-44(2)21-25)29(34(37)38)19-33(24)47)43-48(32)27-10-15-45(16-11-27)13-4-3-7-26-8-9-31(35(39)50)42-41-26;14-13-8-12(7-6-10(13)9-15)16-11-4-2-1-3-5-11/h8-9,18-21,27,34H,4-6,10-17,22H2,1-2H3,(H2,39,50);6-8,11H,1-5H2. The summed E-state index contributed by atoms with van der Waals surface area (Å²) >= 11 is 5.94. The maximum absolute atomic E-state index is 14.6. The molecule has 14 nitrogen and oxygen atoms in total. The fraction of sp³-hybridized carbons (Fsp3) is 0.449. The van der Waals surface area contributed by atoms with Crippen LogP contribution in [-0.2, 0) is 31.2 Å². The molecule has 0 unspecified atom stereocenters. The lowest BCUT2D eigenvalue weighted by molar-refractivity contribution is -0.129. The zero-order valence-corrected chi connectivity index (χ0v) is 38.1. The molecule has 0 spiro atoms. The Morgan fingerprint density at radius 1 is 0.985 bits per heavy atom. The quantitative estimate of drug-likeness (QED) is 0.143. The van der Waals surface area contributed by atoms with Gasteiger partial charge in [0.25, 0.3) is 12.3 Å². The molecule has 0 bridgehead atoms. The molecule has 3 aromatic heterocycles. The van der Waals surface area contributed by atoms with E-state index in [1.54, 1.807) is 55.3 Å². The van der Waals surface area contributed by atoms with Crippen molar-refractivity contribution < 1.29 is 23.1 Å². The number of nitrogens with zero attached hydrogens (tertiary/aromatic N) is 10.